The molecule has 5 aromatic rings. The van der Waals surface area contributed by atoms with E-state index in [1.54, 1.807) is 35.4 Å². The predicted octanol–water partition coefficient (Wildman–Crippen LogP) is 7.43. The van der Waals surface area contributed by atoms with Gasteiger partial charge < -0.3 is 39.7 Å². The SMILES string of the molecule is COC(=O)N[C@@H](C(=O)N1CC2(C[C@H]1c1nc3ccc(-c4ccc5c(c4)C(F)(F)c4cc(-c6cnc(C7CCCN7)[nH]6)ccc4-5)cc3[nH]1)OCCO2)C1(C)C=CC=CC1. The van der Waals surface area contributed by atoms with Crippen molar-refractivity contribution < 1.29 is 32.6 Å². The second-order valence-corrected chi connectivity index (χ2v) is 16.1. The molecular formula is C44H43F2N7O5. The largest absolute Gasteiger partial charge is 0.453 e. The second-order valence-electron chi connectivity index (χ2n) is 16.1. The van der Waals surface area contributed by atoms with E-state index < -0.39 is 35.3 Å². The molecule has 1 spiro atoms. The molecule has 10 rings (SSSR count). The third kappa shape index (κ3) is 6.04. The number of carbonyl (C=O) groups is 2. The number of likely N-dealkylation sites (tertiary alicyclic amines) is 1. The van der Waals surface area contributed by atoms with Crippen LogP contribution in [-0.4, -0.2) is 82.1 Å². The number of nitrogens with zero attached hydrogens (tertiary/aromatic N) is 3. The van der Waals surface area contributed by atoms with Crippen LogP contribution in [0.3, 0.4) is 0 Å². The first-order valence-electron chi connectivity index (χ1n) is 19.8. The molecule has 0 saturated carbocycles. The third-order valence-electron chi connectivity index (χ3n) is 12.5. The molecule has 298 valence electrons. The van der Waals surface area contributed by atoms with Crippen molar-refractivity contribution in [1.82, 2.24) is 35.5 Å². The number of hydrogen-bond donors (Lipinski definition) is 4. The highest BCUT2D eigenvalue weighted by atomic mass is 19.3. The summed E-state index contributed by atoms with van der Waals surface area (Å²) in [4.78, 5) is 45.1. The minimum atomic E-state index is -3.21. The van der Waals surface area contributed by atoms with Crippen LogP contribution in [0.15, 0.2) is 85.1 Å². The number of nitrogens with one attached hydrogen (secondary N) is 4. The van der Waals surface area contributed by atoms with Gasteiger partial charge in [0.2, 0.25) is 5.91 Å². The summed E-state index contributed by atoms with van der Waals surface area (Å²) in [7, 11) is 1.27. The quantitative estimate of drug-likeness (QED) is 0.133. The fraction of sp³-hybridized carbons (Fsp3) is 0.364. The topological polar surface area (TPSA) is 146 Å². The van der Waals surface area contributed by atoms with Crippen LogP contribution >= 0.6 is 0 Å². The number of rotatable bonds is 7. The van der Waals surface area contributed by atoms with Crippen molar-refractivity contribution in [3.63, 3.8) is 0 Å². The van der Waals surface area contributed by atoms with Crippen LogP contribution < -0.4 is 10.6 Å². The molecule has 3 saturated heterocycles. The van der Waals surface area contributed by atoms with Crippen LogP contribution in [-0.2, 0) is 24.9 Å². The average Bonchev–Trinajstić information content (AvgIpc) is 4.10. The molecule has 5 aliphatic rings. The Morgan fingerprint density at radius 3 is 2.43 bits per heavy atom. The number of aromatic amines is 2. The van der Waals surface area contributed by atoms with Crippen molar-refractivity contribution in [2.24, 2.45) is 5.41 Å². The maximum absolute atomic E-state index is 16.4. The number of fused-ring (bicyclic) bond motifs is 4. The van der Waals surface area contributed by atoms with Crippen molar-refractivity contribution in [3.05, 3.63) is 108 Å². The summed E-state index contributed by atoms with van der Waals surface area (Å²) in [6.07, 6.45) is 11.6. The number of halogens is 2. The van der Waals surface area contributed by atoms with Gasteiger partial charge in [-0.05, 0) is 72.3 Å². The highest BCUT2D eigenvalue weighted by molar-refractivity contribution is 5.89. The van der Waals surface area contributed by atoms with E-state index in [4.69, 9.17) is 19.2 Å². The van der Waals surface area contributed by atoms with Crippen molar-refractivity contribution in [1.29, 1.82) is 0 Å². The summed E-state index contributed by atoms with van der Waals surface area (Å²) >= 11 is 0. The van der Waals surface area contributed by atoms with E-state index in [9.17, 15) is 9.59 Å². The normalized spacial score (nSPS) is 24.4. The maximum Gasteiger partial charge on any atom is 0.407 e. The molecule has 2 unspecified atom stereocenters. The summed E-state index contributed by atoms with van der Waals surface area (Å²) in [5.41, 5.74) is 4.28. The fourth-order valence-corrected chi connectivity index (χ4v) is 9.35. The lowest BCUT2D eigenvalue weighted by atomic mass is 9.76. The van der Waals surface area contributed by atoms with Gasteiger partial charge in [-0.15, -0.1) is 0 Å². The lowest BCUT2D eigenvalue weighted by molar-refractivity contribution is -0.154. The minimum absolute atomic E-state index is 0.0291. The van der Waals surface area contributed by atoms with Gasteiger partial charge in [0.25, 0.3) is 5.92 Å². The smallest absolute Gasteiger partial charge is 0.407 e. The number of H-pyrrole nitrogens is 2. The van der Waals surface area contributed by atoms with E-state index in [1.165, 1.54) is 7.11 Å². The zero-order chi connectivity index (χ0) is 39.8. The standard InChI is InChI=1S/C44H43F2N7O5/c1-42(14-4-3-5-15-42)37(52-41(55)56-2)40(54)53-24-43(57-17-18-58-43)22-36(53)39-49-32-13-10-26(21-34(32)50-39)25-8-11-28-29-12-9-27(20-31(29)44(45,46)30(28)19-25)35-23-48-38(51-35)33-7-6-16-47-33/h3-5,8-14,19-21,23,33,36-37,47H,6-7,15-18,22,24H2,1-2H3,(H,48,51)(H,49,50)(H,52,55)/t33?,36-,37-,42?/m0/s1. The molecule has 0 radical (unpaired) electrons. The molecule has 12 nitrogen and oxygen atoms in total. The Hall–Kier alpha value is -5.70. The average molecular weight is 788 g/mol. The van der Waals surface area contributed by atoms with Crippen LogP contribution in [0.2, 0.25) is 0 Å². The van der Waals surface area contributed by atoms with E-state index in [-0.39, 0.29) is 29.6 Å². The van der Waals surface area contributed by atoms with Gasteiger partial charge in [-0.1, -0.05) is 61.6 Å². The Morgan fingerprint density at radius 1 is 0.966 bits per heavy atom. The van der Waals surface area contributed by atoms with E-state index in [2.05, 4.69) is 25.6 Å². The number of hydrogen-bond acceptors (Lipinski definition) is 8. The Labute approximate surface area is 333 Å². The summed E-state index contributed by atoms with van der Waals surface area (Å²) in [6, 6.07) is 14.6. The van der Waals surface area contributed by atoms with Crippen molar-refractivity contribution >= 4 is 23.0 Å². The first-order valence-corrected chi connectivity index (χ1v) is 19.8. The number of amides is 2. The summed E-state index contributed by atoms with van der Waals surface area (Å²) in [5, 5.41) is 6.22. The molecule has 2 amide bonds. The summed E-state index contributed by atoms with van der Waals surface area (Å²) in [5.74, 6) is -3.21. The molecular weight excluding hydrogens is 745 g/mol. The zero-order valence-corrected chi connectivity index (χ0v) is 32.1. The molecule has 3 fully saturated rings. The van der Waals surface area contributed by atoms with Gasteiger partial charge in [0, 0.05) is 28.5 Å². The van der Waals surface area contributed by atoms with Crippen LogP contribution in [0.5, 0.6) is 0 Å². The highest BCUT2D eigenvalue weighted by Crippen LogP contribution is 2.53. The minimum Gasteiger partial charge on any atom is -0.453 e. The van der Waals surface area contributed by atoms with Gasteiger partial charge in [-0.25, -0.2) is 14.8 Å². The Kier molecular flexibility index (Phi) is 8.66. The number of allylic oxidation sites excluding steroid dienone is 3. The van der Waals surface area contributed by atoms with Crippen LogP contribution in [0.1, 0.15) is 67.5 Å². The van der Waals surface area contributed by atoms with Crippen molar-refractivity contribution in [2.75, 3.05) is 33.4 Å². The molecule has 4 atom stereocenters. The summed E-state index contributed by atoms with van der Waals surface area (Å²) in [6.45, 7) is 3.78. The number of methoxy groups -OCH3 is 1. The van der Waals surface area contributed by atoms with Gasteiger partial charge in [0.1, 0.15) is 17.7 Å². The van der Waals surface area contributed by atoms with E-state index >= 15 is 8.78 Å². The fourth-order valence-electron chi connectivity index (χ4n) is 9.35. The molecule has 2 aromatic heterocycles. The zero-order valence-electron chi connectivity index (χ0n) is 32.1. The Bertz CT molecular complexity index is 2520. The third-order valence-corrected chi connectivity index (χ3v) is 12.5. The van der Waals surface area contributed by atoms with E-state index in [1.807, 2.05) is 61.6 Å². The lowest BCUT2D eigenvalue weighted by Gasteiger charge is -2.38. The number of alkyl carbamates (subject to hydrolysis) is 1. The lowest BCUT2D eigenvalue weighted by Crippen LogP contribution is -2.56. The number of alkyl halides is 2. The first kappa shape index (κ1) is 36.6. The van der Waals surface area contributed by atoms with Crippen LogP contribution in [0.4, 0.5) is 13.6 Å². The van der Waals surface area contributed by atoms with Crippen molar-refractivity contribution in [2.45, 2.75) is 62.4 Å². The predicted molar refractivity (Wildman–Crippen MR) is 212 cm³/mol. The molecule has 4 N–H and O–H groups in total. The van der Waals surface area contributed by atoms with Crippen LogP contribution in [0.25, 0.3) is 44.5 Å². The summed E-state index contributed by atoms with van der Waals surface area (Å²) < 4.78 is 49.9. The van der Waals surface area contributed by atoms with Gasteiger partial charge in [0.05, 0.1) is 61.9 Å². The van der Waals surface area contributed by atoms with E-state index in [0.29, 0.717) is 70.9 Å². The van der Waals surface area contributed by atoms with Gasteiger partial charge >= 0.3 is 6.09 Å². The Balaban J connectivity index is 0.947. The Morgan fingerprint density at radius 2 is 1.71 bits per heavy atom. The van der Waals surface area contributed by atoms with Crippen molar-refractivity contribution in [3.8, 4) is 33.5 Å². The highest BCUT2D eigenvalue weighted by Gasteiger charge is 2.54. The number of benzene rings is 3. The van der Waals surface area contributed by atoms with Gasteiger partial charge in [-0.3, -0.25) is 4.79 Å². The van der Waals surface area contributed by atoms with E-state index in [0.717, 1.165) is 30.8 Å². The molecule has 2 aliphatic carbocycles. The monoisotopic (exact) mass is 787 g/mol. The number of ether oxygens (including phenoxy) is 3. The molecule has 3 aliphatic heterocycles. The first-order chi connectivity index (χ1) is 28.0. The van der Waals surface area contributed by atoms with Crippen LogP contribution in [0, 0.1) is 5.41 Å². The maximum atomic E-state index is 16.4. The number of carbonyl (C=O) groups excluding carboxylic acids is 2. The molecule has 5 heterocycles. The molecule has 58 heavy (non-hydrogen) atoms. The second kappa shape index (κ2) is 13.7. The molecule has 0 bridgehead atoms. The van der Waals surface area contributed by atoms with Gasteiger partial charge in [0.15, 0.2) is 5.79 Å². The number of aromatic nitrogens is 4. The van der Waals surface area contributed by atoms with Gasteiger partial charge in [-0.2, -0.15) is 8.78 Å². The molecule has 14 heteroatoms. The molecule has 3 aromatic carbocycles. The number of imidazole rings is 2.